The van der Waals surface area contributed by atoms with Gasteiger partial charge in [-0.3, -0.25) is 9.36 Å². The largest absolute Gasteiger partial charge is 0.495 e. The van der Waals surface area contributed by atoms with E-state index < -0.39 is 23.2 Å². The van der Waals surface area contributed by atoms with Crippen molar-refractivity contribution in [1.29, 1.82) is 0 Å². The maximum Gasteiger partial charge on any atom is 0.329 e. The molecule has 1 aromatic carbocycles. The van der Waals surface area contributed by atoms with E-state index >= 15 is 0 Å². The number of benzene rings is 1. The lowest BCUT2D eigenvalue weighted by Gasteiger charge is -2.25. The van der Waals surface area contributed by atoms with E-state index in [4.69, 9.17) is 30.2 Å². The van der Waals surface area contributed by atoms with Crippen LogP contribution in [0, 0.1) is 0 Å². The second-order valence-electron chi connectivity index (χ2n) is 8.40. The SMILES string of the molecule is COCCC(C(=O)OC(C)(C)C)n1cc(OC)c(-c2cc(Cl)ccc2-c2cocn2)cc1=O. The molecule has 0 saturated heterocycles. The van der Waals surface area contributed by atoms with Crippen molar-refractivity contribution in [2.75, 3.05) is 20.8 Å². The van der Waals surface area contributed by atoms with Gasteiger partial charge in [0.2, 0.25) is 0 Å². The second-order valence-corrected chi connectivity index (χ2v) is 8.83. The average Bonchev–Trinajstić information content (AvgIpc) is 3.28. The van der Waals surface area contributed by atoms with E-state index in [1.54, 1.807) is 39.0 Å². The van der Waals surface area contributed by atoms with Crippen LogP contribution in [0.25, 0.3) is 22.4 Å². The zero-order chi connectivity index (χ0) is 24.2. The van der Waals surface area contributed by atoms with E-state index in [0.717, 1.165) is 0 Å². The van der Waals surface area contributed by atoms with Crippen LogP contribution in [0.4, 0.5) is 0 Å². The summed E-state index contributed by atoms with van der Waals surface area (Å²) in [5.41, 5.74) is 1.34. The third kappa shape index (κ3) is 5.83. The monoisotopic (exact) mass is 474 g/mol. The van der Waals surface area contributed by atoms with Crippen molar-refractivity contribution in [3.8, 4) is 28.1 Å². The number of carbonyl (C=O) groups is 1. The molecule has 0 aliphatic carbocycles. The fourth-order valence-corrected chi connectivity index (χ4v) is 3.60. The number of carbonyl (C=O) groups excluding carboxylic acids is 1. The molecule has 9 heteroatoms. The van der Waals surface area contributed by atoms with Crippen LogP contribution >= 0.6 is 11.6 Å². The van der Waals surface area contributed by atoms with Crippen LogP contribution in [0.2, 0.25) is 5.02 Å². The van der Waals surface area contributed by atoms with Gasteiger partial charge in [-0.15, -0.1) is 0 Å². The summed E-state index contributed by atoms with van der Waals surface area (Å²) in [5, 5.41) is 0.482. The summed E-state index contributed by atoms with van der Waals surface area (Å²) in [6.07, 6.45) is 4.60. The Bertz CT molecular complexity index is 1160. The number of oxazole rings is 1. The summed E-state index contributed by atoms with van der Waals surface area (Å²) in [6, 6.07) is 5.78. The number of hydrogen-bond acceptors (Lipinski definition) is 7. The van der Waals surface area contributed by atoms with Crippen LogP contribution in [0.1, 0.15) is 33.2 Å². The van der Waals surface area contributed by atoms with Gasteiger partial charge in [-0.1, -0.05) is 17.7 Å². The second kappa shape index (κ2) is 10.2. The summed E-state index contributed by atoms with van der Waals surface area (Å²) >= 11 is 6.26. The number of rotatable bonds is 8. The third-order valence-electron chi connectivity index (χ3n) is 4.85. The molecule has 8 nitrogen and oxygen atoms in total. The number of hydrogen-bond donors (Lipinski definition) is 0. The number of ether oxygens (including phenoxy) is 3. The van der Waals surface area contributed by atoms with E-state index in [1.807, 2.05) is 0 Å². The summed E-state index contributed by atoms with van der Waals surface area (Å²) in [5.74, 6) is -0.143. The molecule has 0 aliphatic heterocycles. The van der Waals surface area contributed by atoms with Crippen molar-refractivity contribution in [2.24, 2.45) is 0 Å². The van der Waals surface area contributed by atoms with Gasteiger partial charge < -0.3 is 18.6 Å². The Labute approximate surface area is 197 Å². The average molecular weight is 475 g/mol. The molecule has 0 spiro atoms. The predicted octanol–water partition coefficient (Wildman–Crippen LogP) is 4.75. The number of methoxy groups -OCH3 is 2. The zero-order valence-electron chi connectivity index (χ0n) is 19.3. The van der Waals surface area contributed by atoms with Crippen molar-refractivity contribution in [1.82, 2.24) is 9.55 Å². The molecule has 3 rings (SSSR count). The first-order chi connectivity index (χ1) is 15.6. The van der Waals surface area contributed by atoms with Crippen molar-refractivity contribution in [3.05, 3.63) is 58.5 Å². The Balaban J connectivity index is 2.14. The highest BCUT2D eigenvalue weighted by Gasteiger charge is 2.28. The van der Waals surface area contributed by atoms with Gasteiger partial charge in [0.05, 0.1) is 13.3 Å². The van der Waals surface area contributed by atoms with Gasteiger partial charge in [-0.2, -0.15) is 0 Å². The lowest BCUT2D eigenvalue weighted by atomic mass is 9.98. The van der Waals surface area contributed by atoms with Crippen molar-refractivity contribution in [3.63, 3.8) is 0 Å². The highest BCUT2D eigenvalue weighted by molar-refractivity contribution is 6.31. The molecule has 3 aromatic rings. The molecule has 33 heavy (non-hydrogen) atoms. The summed E-state index contributed by atoms with van der Waals surface area (Å²) < 4.78 is 22.7. The molecular formula is C24H27ClN2O6. The number of halogens is 1. The quantitative estimate of drug-likeness (QED) is 0.435. The molecule has 0 radical (unpaired) electrons. The molecule has 0 amide bonds. The standard InChI is InChI=1S/C24H27ClN2O6/c1-24(2,3)33-23(29)20(8-9-30-4)27-12-21(31-5)18(11-22(27)28)17-10-15(25)6-7-16(17)19-13-32-14-26-19/h6-7,10-14,20H,8-9H2,1-5H3. The first-order valence-corrected chi connectivity index (χ1v) is 10.7. The Hall–Kier alpha value is -3.10. The molecule has 1 atom stereocenters. The fourth-order valence-electron chi connectivity index (χ4n) is 3.42. The molecule has 1 unspecified atom stereocenters. The minimum atomic E-state index is -0.881. The molecular weight excluding hydrogens is 448 g/mol. The highest BCUT2D eigenvalue weighted by Crippen LogP contribution is 2.38. The summed E-state index contributed by atoms with van der Waals surface area (Å²) in [4.78, 5) is 30.4. The van der Waals surface area contributed by atoms with Gasteiger partial charge in [0.15, 0.2) is 6.39 Å². The van der Waals surface area contributed by atoms with Gasteiger partial charge in [0.1, 0.15) is 29.3 Å². The summed E-state index contributed by atoms with van der Waals surface area (Å²) in [6.45, 7) is 5.59. The van der Waals surface area contributed by atoms with Gasteiger partial charge >= 0.3 is 5.97 Å². The Kier molecular flexibility index (Phi) is 7.61. The van der Waals surface area contributed by atoms with E-state index in [-0.39, 0.29) is 13.0 Å². The van der Waals surface area contributed by atoms with Crippen LogP contribution in [0.15, 0.2) is 52.3 Å². The normalized spacial score (nSPS) is 12.4. The van der Waals surface area contributed by atoms with Crippen LogP contribution in [-0.2, 0) is 14.3 Å². The van der Waals surface area contributed by atoms with Gasteiger partial charge in [-0.05, 0) is 38.5 Å². The number of nitrogens with zero attached hydrogens (tertiary/aromatic N) is 2. The van der Waals surface area contributed by atoms with E-state index in [2.05, 4.69) is 4.98 Å². The van der Waals surface area contributed by atoms with Crippen LogP contribution in [-0.4, -0.2) is 41.9 Å². The maximum atomic E-state index is 13.2. The van der Waals surface area contributed by atoms with Gasteiger partial charge in [-0.25, -0.2) is 9.78 Å². The number of aromatic nitrogens is 2. The minimum Gasteiger partial charge on any atom is -0.495 e. The van der Waals surface area contributed by atoms with E-state index in [9.17, 15) is 9.59 Å². The van der Waals surface area contributed by atoms with E-state index in [1.165, 1.54) is 43.7 Å². The predicted molar refractivity (Wildman–Crippen MR) is 125 cm³/mol. The smallest absolute Gasteiger partial charge is 0.329 e. The van der Waals surface area contributed by atoms with Gasteiger partial charge in [0, 0.05) is 42.4 Å². The first-order valence-electron chi connectivity index (χ1n) is 10.3. The number of pyridine rings is 1. The van der Waals surface area contributed by atoms with Crippen molar-refractivity contribution in [2.45, 2.75) is 38.8 Å². The molecule has 0 aliphatic rings. The van der Waals surface area contributed by atoms with Gasteiger partial charge in [0.25, 0.3) is 5.56 Å². The highest BCUT2D eigenvalue weighted by atomic mass is 35.5. The topological polar surface area (TPSA) is 92.8 Å². The Morgan fingerprint density at radius 3 is 2.55 bits per heavy atom. The van der Waals surface area contributed by atoms with Crippen LogP contribution in [0.5, 0.6) is 5.75 Å². The molecule has 0 N–H and O–H groups in total. The zero-order valence-corrected chi connectivity index (χ0v) is 20.0. The van der Waals surface area contributed by atoms with E-state index in [0.29, 0.717) is 33.2 Å². The Morgan fingerprint density at radius 1 is 1.18 bits per heavy atom. The molecule has 0 saturated carbocycles. The maximum absolute atomic E-state index is 13.2. The van der Waals surface area contributed by atoms with Crippen LogP contribution < -0.4 is 10.3 Å². The fraction of sp³-hybridized carbons (Fsp3) is 0.375. The molecule has 176 valence electrons. The third-order valence-corrected chi connectivity index (χ3v) is 5.09. The molecule has 2 aromatic heterocycles. The van der Waals surface area contributed by atoms with Crippen molar-refractivity contribution < 1.29 is 23.4 Å². The van der Waals surface area contributed by atoms with Crippen molar-refractivity contribution >= 4 is 17.6 Å². The van der Waals surface area contributed by atoms with Crippen LogP contribution in [0.3, 0.4) is 0 Å². The lowest BCUT2D eigenvalue weighted by Crippen LogP contribution is -2.35. The summed E-state index contributed by atoms with van der Waals surface area (Å²) in [7, 11) is 3.02. The molecule has 2 heterocycles. The molecule has 0 bridgehead atoms. The Morgan fingerprint density at radius 2 is 1.94 bits per heavy atom. The number of esters is 1. The molecule has 0 fully saturated rings. The first kappa shape index (κ1) is 24.5. The minimum absolute atomic E-state index is 0.259. The lowest BCUT2D eigenvalue weighted by molar-refractivity contribution is -0.159.